The van der Waals surface area contributed by atoms with Gasteiger partial charge in [-0.1, -0.05) is 0 Å². The molecule has 0 aromatic heterocycles. The topological polar surface area (TPSA) is 93.5 Å². The molecule has 0 bridgehead atoms. The molecule has 2 atom stereocenters. The summed E-state index contributed by atoms with van der Waals surface area (Å²) in [7, 11) is 1.55. The number of carbonyl (C=O) groups excluding carboxylic acids is 2. The minimum atomic E-state index is -0.190. The van der Waals surface area contributed by atoms with Crippen LogP contribution in [-0.2, 0) is 9.59 Å². The van der Waals surface area contributed by atoms with Crippen molar-refractivity contribution in [3.05, 3.63) is 24.3 Å². The molecule has 1 aromatic carbocycles. The van der Waals surface area contributed by atoms with Crippen LogP contribution in [0, 0.1) is 5.92 Å². The van der Waals surface area contributed by atoms with Crippen LogP contribution in [0.1, 0.15) is 19.3 Å². The summed E-state index contributed by atoms with van der Waals surface area (Å²) in [6.45, 7) is -0.0256. The van der Waals surface area contributed by atoms with Crippen LogP contribution in [0.2, 0.25) is 0 Å². The molecule has 1 aliphatic rings. The maximum Gasteiger partial charge on any atom is 0.257 e. The van der Waals surface area contributed by atoms with Gasteiger partial charge in [-0.15, -0.1) is 12.4 Å². The second-order valence-electron chi connectivity index (χ2n) is 5.25. The Labute approximate surface area is 136 Å². The number of rotatable bonds is 5. The molecule has 2 rings (SSSR count). The number of hydrogen-bond acceptors (Lipinski definition) is 4. The SMILES string of the molecule is CNC(=O)COc1ccc(NC(=O)C2CCC(N)C2)cc1.Cl. The van der Waals surface area contributed by atoms with Crippen LogP contribution in [0.3, 0.4) is 0 Å². The maximum atomic E-state index is 12.0. The van der Waals surface area contributed by atoms with E-state index in [1.807, 2.05) is 0 Å². The smallest absolute Gasteiger partial charge is 0.257 e. The molecule has 0 radical (unpaired) electrons. The molecule has 0 aliphatic heterocycles. The quantitative estimate of drug-likeness (QED) is 0.760. The van der Waals surface area contributed by atoms with E-state index in [4.69, 9.17) is 10.5 Å². The number of anilines is 1. The summed E-state index contributed by atoms with van der Waals surface area (Å²) in [5.74, 6) is 0.413. The number of nitrogens with two attached hydrogens (primary N) is 1. The normalized spacial score (nSPS) is 19.9. The first-order valence-corrected chi connectivity index (χ1v) is 7.08. The van der Waals surface area contributed by atoms with Crippen LogP contribution in [-0.4, -0.2) is 31.5 Å². The second-order valence-corrected chi connectivity index (χ2v) is 5.25. The average molecular weight is 328 g/mol. The molecule has 1 fully saturated rings. The Morgan fingerprint density at radius 2 is 1.95 bits per heavy atom. The Kier molecular flexibility index (Phi) is 7.14. The lowest BCUT2D eigenvalue weighted by atomic mass is 10.1. The third kappa shape index (κ3) is 5.20. The average Bonchev–Trinajstić information content (AvgIpc) is 2.93. The minimum Gasteiger partial charge on any atom is -0.484 e. The van der Waals surface area contributed by atoms with E-state index >= 15 is 0 Å². The molecule has 1 saturated carbocycles. The van der Waals surface area contributed by atoms with Gasteiger partial charge in [-0.2, -0.15) is 0 Å². The molecule has 7 heteroatoms. The van der Waals surface area contributed by atoms with Crippen molar-refractivity contribution in [1.82, 2.24) is 5.32 Å². The van der Waals surface area contributed by atoms with Gasteiger partial charge in [0.05, 0.1) is 0 Å². The van der Waals surface area contributed by atoms with Gasteiger partial charge in [-0.25, -0.2) is 0 Å². The van der Waals surface area contributed by atoms with Gasteiger partial charge in [0.1, 0.15) is 5.75 Å². The first-order valence-electron chi connectivity index (χ1n) is 7.08. The molecule has 0 heterocycles. The van der Waals surface area contributed by atoms with Crippen molar-refractivity contribution in [1.29, 1.82) is 0 Å². The molecule has 2 unspecified atom stereocenters. The van der Waals surface area contributed by atoms with Gasteiger partial charge < -0.3 is 21.1 Å². The van der Waals surface area contributed by atoms with Gasteiger partial charge in [0, 0.05) is 24.7 Å². The predicted molar refractivity (Wildman–Crippen MR) is 87.2 cm³/mol. The molecule has 4 N–H and O–H groups in total. The van der Waals surface area contributed by atoms with E-state index in [2.05, 4.69) is 10.6 Å². The lowest BCUT2D eigenvalue weighted by Gasteiger charge is -2.11. The van der Waals surface area contributed by atoms with E-state index in [9.17, 15) is 9.59 Å². The van der Waals surface area contributed by atoms with Crippen molar-refractivity contribution >= 4 is 29.9 Å². The number of ether oxygens (including phenoxy) is 1. The highest BCUT2D eigenvalue weighted by Gasteiger charge is 2.27. The largest absolute Gasteiger partial charge is 0.484 e. The molecule has 22 heavy (non-hydrogen) atoms. The monoisotopic (exact) mass is 327 g/mol. The molecule has 0 saturated heterocycles. The number of likely N-dealkylation sites (N-methyl/N-ethyl adjacent to an activating group) is 1. The molecule has 2 amide bonds. The zero-order valence-electron chi connectivity index (χ0n) is 12.5. The fraction of sp³-hybridized carbons (Fsp3) is 0.467. The Morgan fingerprint density at radius 3 is 2.50 bits per heavy atom. The summed E-state index contributed by atoms with van der Waals surface area (Å²) < 4.78 is 5.29. The lowest BCUT2D eigenvalue weighted by Crippen LogP contribution is -2.24. The number of halogens is 1. The van der Waals surface area contributed by atoms with Gasteiger partial charge in [0.15, 0.2) is 6.61 Å². The number of hydrogen-bond donors (Lipinski definition) is 3. The summed E-state index contributed by atoms with van der Waals surface area (Å²) in [4.78, 5) is 23.1. The van der Waals surface area contributed by atoms with E-state index < -0.39 is 0 Å². The van der Waals surface area contributed by atoms with E-state index in [1.54, 1.807) is 31.3 Å². The second kappa shape index (κ2) is 8.60. The highest BCUT2D eigenvalue weighted by atomic mass is 35.5. The number of carbonyl (C=O) groups is 2. The molecular formula is C15H22ClN3O3. The highest BCUT2D eigenvalue weighted by molar-refractivity contribution is 5.92. The van der Waals surface area contributed by atoms with Crippen molar-refractivity contribution in [2.24, 2.45) is 11.7 Å². The zero-order chi connectivity index (χ0) is 15.2. The number of nitrogens with one attached hydrogen (secondary N) is 2. The van der Waals surface area contributed by atoms with E-state index in [-0.39, 0.29) is 42.8 Å². The van der Waals surface area contributed by atoms with Crippen molar-refractivity contribution < 1.29 is 14.3 Å². The van der Waals surface area contributed by atoms with Crippen LogP contribution < -0.4 is 21.1 Å². The summed E-state index contributed by atoms with van der Waals surface area (Å²) >= 11 is 0. The van der Waals surface area contributed by atoms with Gasteiger partial charge in [-0.05, 0) is 43.5 Å². The first kappa shape index (κ1) is 18.3. The molecule has 0 spiro atoms. The van der Waals surface area contributed by atoms with Gasteiger partial charge in [0.2, 0.25) is 5.91 Å². The van der Waals surface area contributed by atoms with E-state index in [1.165, 1.54) is 0 Å². The highest BCUT2D eigenvalue weighted by Crippen LogP contribution is 2.25. The number of benzene rings is 1. The van der Waals surface area contributed by atoms with Gasteiger partial charge >= 0.3 is 0 Å². The summed E-state index contributed by atoms with van der Waals surface area (Å²) in [5, 5.41) is 5.35. The van der Waals surface area contributed by atoms with Gasteiger partial charge in [0.25, 0.3) is 5.91 Å². The molecule has 1 aromatic rings. The molecule has 1 aliphatic carbocycles. The maximum absolute atomic E-state index is 12.0. The summed E-state index contributed by atoms with van der Waals surface area (Å²) in [6.07, 6.45) is 2.50. The Balaban J connectivity index is 0.00000242. The Morgan fingerprint density at radius 1 is 1.27 bits per heavy atom. The number of amides is 2. The third-order valence-corrected chi connectivity index (χ3v) is 3.61. The van der Waals surface area contributed by atoms with Crippen LogP contribution in [0.25, 0.3) is 0 Å². The van der Waals surface area contributed by atoms with Crippen molar-refractivity contribution in [2.45, 2.75) is 25.3 Å². The lowest BCUT2D eigenvalue weighted by molar-refractivity contribution is -0.122. The molecule has 122 valence electrons. The van der Waals surface area contributed by atoms with Crippen LogP contribution in [0.5, 0.6) is 5.75 Å². The Hall–Kier alpha value is -1.79. The fourth-order valence-electron chi connectivity index (χ4n) is 2.35. The standard InChI is InChI=1S/C15H21N3O3.ClH/c1-17-14(19)9-21-13-6-4-12(5-7-13)18-15(20)10-2-3-11(16)8-10;/h4-7,10-11H,2-3,8-9,16H2,1H3,(H,17,19)(H,18,20);1H. The van der Waals surface area contributed by atoms with Crippen LogP contribution in [0.15, 0.2) is 24.3 Å². The summed E-state index contributed by atoms with van der Waals surface area (Å²) in [6, 6.07) is 7.09. The minimum absolute atomic E-state index is 0. The third-order valence-electron chi connectivity index (χ3n) is 3.61. The van der Waals surface area contributed by atoms with E-state index in [0.29, 0.717) is 11.4 Å². The van der Waals surface area contributed by atoms with Crippen molar-refractivity contribution in [2.75, 3.05) is 19.0 Å². The van der Waals surface area contributed by atoms with Crippen molar-refractivity contribution in [3.8, 4) is 5.75 Å². The molecule has 6 nitrogen and oxygen atoms in total. The zero-order valence-corrected chi connectivity index (χ0v) is 13.3. The fourth-order valence-corrected chi connectivity index (χ4v) is 2.35. The van der Waals surface area contributed by atoms with Crippen LogP contribution >= 0.6 is 12.4 Å². The summed E-state index contributed by atoms with van der Waals surface area (Å²) in [5.41, 5.74) is 6.53. The first-order chi connectivity index (χ1) is 10.1. The van der Waals surface area contributed by atoms with Crippen molar-refractivity contribution in [3.63, 3.8) is 0 Å². The van der Waals surface area contributed by atoms with Gasteiger partial charge in [-0.3, -0.25) is 9.59 Å². The van der Waals surface area contributed by atoms with Crippen LogP contribution in [0.4, 0.5) is 5.69 Å². The Bertz CT molecular complexity index is 507. The van der Waals surface area contributed by atoms with E-state index in [0.717, 1.165) is 19.3 Å². The predicted octanol–water partition coefficient (Wildman–Crippen LogP) is 1.30. The molecular weight excluding hydrogens is 306 g/mol.